The molecule has 1 atom stereocenters. The van der Waals surface area contributed by atoms with Crippen LogP contribution in [0.4, 0.5) is 0 Å². The normalized spacial score (nSPS) is 15.5. The third kappa shape index (κ3) is 6.11. The van der Waals surface area contributed by atoms with Gasteiger partial charge < -0.3 is 4.57 Å². The number of aryl methyl sites for hydroxylation is 1. The van der Waals surface area contributed by atoms with Crippen molar-refractivity contribution in [3.05, 3.63) is 53.3 Å². The maximum atomic E-state index is 12.3. The van der Waals surface area contributed by atoms with Gasteiger partial charge in [0.25, 0.3) is 0 Å². The van der Waals surface area contributed by atoms with Crippen LogP contribution in [0, 0.1) is 0 Å². The van der Waals surface area contributed by atoms with Gasteiger partial charge in [-0.15, -0.1) is 18.2 Å². The van der Waals surface area contributed by atoms with Crippen molar-refractivity contribution < 1.29 is 13.2 Å². The molecule has 0 spiro atoms. The quantitative estimate of drug-likeness (QED) is 0.280. The van der Waals surface area contributed by atoms with Crippen molar-refractivity contribution >= 4 is 38.1 Å². The van der Waals surface area contributed by atoms with Gasteiger partial charge in [0.2, 0.25) is 0 Å². The Bertz CT molecular complexity index is 1080. The van der Waals surface area contributed by atoms with Gasteiger partial charge in [-0.2, -0.15) is 0 Å². The molecule has 172 valence electrons. The largest absolute Gasteiger partial charge is 0.339 e. The minimum atomic E-state index is -3.37. The van der Waals surface area contributed by atoms with Crippen molar-refractivity contribution in [3.63, 3.8) is 0 Å². The van der Waals surface area contributed by atoms with Gasteiger partial charge in [-0.1, -0.05) is 38.5 Å². The summed E-state index contributed by atoms with van der Waals surface area (Å²) >= 11 is 5.07. The predicted molar refractivity (Wildman–Crippen MR) is 133 cm³/mol. The zero-order valence-electron chi connectivity index (χ0n) is 19.9. The Morgan fingerprint density at radius 3 is 2.32 bits per heavy atom. The number of fused-ring (bicyclic) bond motifs is 3. The summed E-state index contributed by atoms with van der Waals surface area (Å²) in [5.41, 5.74) is 5.07. The van der Waals surface area contributed by atoms with Gasteiger partial charge in [-0.3, -0.25) is 4.79 Å². The number of rotatable bonds is 5. The lowest BCUT2D eigenvalue weighted by Gasteiger charge is -2.15. The molecule has 0 radical (unpaired) electrons. The van der Waals surface area contributed by atoms with Crippen LogP contribution in [0.3, 0.4) is 0 Å². The molecule has 0 unspecified atom stereocenters. The first kappa shape index (κ1) is 27.2. The number of hydrogen-bond acceptors (Lipinski definition) is 3. The van der Waals surface area contributed by atoms with Crippen LogP contribution in [0.15, 0.2) is 41.3 Å². The Kier molecular flexibility index (Phi) is 10.2. The second-order valence-electron chi connectivity index (χ2n) is 7.66. The average Bonchev–Trinajstić information content (AvgIpc) is 3.27. The summed E-state index contributed by atoms with van der Waals surface area (Å²) in [6.45, 7) is 15.9. The highest BCUT2D eigenvalue weighted by atomic mass is 35.5. The van der Waals surface area contributed by atoms with Gasteiger partial charge in [-0.05, 0) is 57.2 Å². The highest BCUT2D eigenvalue weighted by Gasteiger charge is 2.30. The standard InChI is InChI=1S/C20H25NO3S.C3H5Cl.C2H6/c1-6-12(2)11-21-19-13(3)7-8-16(19)18-10-15(25(5,23)24)9-17(14(4)22)20(18)21;1-2-3-4;1-2/h6,9-10,13H,7-8,11H2,1-5H3;2H,1,3H2;1-2H3/b12-6+;;/t13-;;/m0../s1. The van der Waals surface area contributed by atoms with Gasteiger partial charge in [0.05, 0.1) is 10.4 Å². The molecular weight excluding hydrogens is 430 g/mol. The van der Waals surface area contributed by atoms with E-state index in [1.54, 1.807) is 18.2 Å². The number of ketones is 1. The molecule has 1 aliphatic carbocycles. The number of carbonyl (C=O) groups excluding carboxylic acids is 1. The highest BCUT2D eigenvalue weighted by Crippen LogP contribution is 2.42. The van der Waals surface area contributed by atoms with Crippen molar-refractivity contribution in [2.45, 2.75) is 71.7 Å². The Labute approximate surface area is 192 Å². The van der Waals surface area contributed by atoms with E-state index in [2.05, 4.69) is 31.1 Å². The summed E-state index contributed by atoms with van der Waals surface area (Å²) in [6, 6.07) is 3.30. The van der Waals surface area contributed by atoms with E-state index in [4.69, 9.17) is 11.6 Å². The van der Waals surface area contributed by atoms with E-state index in [1.165, 1.54) is 30.0 Å². The van der Waals surface area contributed by atoms with Crippen molar-refractivity contribution in [1.82, 2.24) is 4.57 Å². The van der Waals surface area contributed by atoms with Gasteiger partial charge in [-0.25, -0.2) is 8.42 Å². The maximum absolute atomic E-state index is 12.3. The van der Waals surface area contributed by atoms with Gasteiger partial charge in [0.1, 0.15) is 0 Å². The number of allylic oxidation sites excluding steroid dienone is 3. The summed E-state index contributed by atoms with van der Waals surface area (Å²) in [4.78, 5) is 12.6. The molecular formula is C25H36ClNO3S. The fourth-order valence-corrected chi connectivity index (χ4v) is 4.53. The molecule has 0 bridgehead atoms. The molecule has 4 nitrogen and oxygen atoms in total. The molecule has 31 heavy (non-hydrogen) atoms. The number of carbonyl (C=O) groups is 1. The summed E-state index contributed by atoms with van der Waals surface area (Å²) < 4.78 is 26.5. The third-order valence-corrected chi connectivity index (χ3v) is 6.70. The fraction of sp³-hybridized carbons (Fsp3) is 0.480. The van der Waals surface area contributed by atoms with Crippen LogP contribution < -0.4 is 0 Å². The zero-order chi connectivity index (χ0) is 23.9. The summed E-state index contributed by atoms with van der Waals surface area (Å²) in [5.74, 6) is 0.868. The Morgan fingerprint density at radius 2 is 1.87 bits per heavy atom. The second kappa shape index (κ2) is 11.7. The number of sulfone groups is 1. The molecule has 0 fully saturated rings. The van der Waals surface area contributed by atoms with Crippen molar-refractivity contribution in [1.29, 1.82) is 0 Å². The van der Waals surface area contributed by atoms with Crippen molar-refractivity contribution in [2.24, 2.45) is 0 Å². The maximum Gasteiger partial charge on any atom is 0.175 e. The van der Waals surface area contributed by atoms with E-state index in [0.29, 0.717) is 17.4 Å². The lowest BCUT2D eigenvalue weighted by molar-refractivity contribution is 0.101. The lowest BCUT2D eigenvalue weighted by atomic mass is 10.0. The monoisotopic (exact) mass is 465 g/mol. The summed E-state index contributed by atoms with van der Waals surface area (Å²) in [6.07, 6.45) is 6.91. The molecule has 1 heterocycles. The molecule has 0 saturated carbocycles. The molecule has 0 saturated heterocycles. The van der Waals surface area contributed by atoms with E-state index in [9.17, 15) is 13.2 Å². The zero-order valence-corrected chi connectivity index (χ0v) is 21.5. The predicted octanol–water partition coefficient (Wildman–Crippen LogP) is 6.70. The van der Waals surface area contributed by atoms with Crippen LogP contribution in [0.25, 0.3) is 10.9 Å². The van der Waals surface area contributed by atoms with Crippen LogP contribution in [0.5, 0.6) is 0 Å². The second-order valence-corrected chi connectivity index (χ2v) is 9.99. The van der Waals surface area contributed by atoms with Gasteiger partial charge in [0.15, 0.2) is 15.6 Å². The molecule has 1 aromatic carbocycles. The number of hydrogen-bond donors (Lipinski definition) is 0. The number of benzene rings is 1. The van der Waals surface area contributed by atoms with Crippen molar-refractivity contribution in [2.75, 3.05) is 12.1 Å². The fourth-order valence-electron chi connectivity index (χ4n) is 3.86. The molecule has 0 amide bonds. The highest BCUT2D eigenvalue weighted by molar-refractivity contribution is 7.90. The number of Topliss-reactive ketones (excluding diaryl/α,β-unsaturated/α-hetero) is 1. The van der Waals surface area contributed by atoms with Crippen LogP contribution in [-0.4, -0.2) is 30.9 Å². The summed E-state index contributed by atoms with van der Waals surface area (Å²) in [7, 11) is -3.37. The van der Waals surface area contributed by atoms with Crippen LogP contribution in [0.2, 0.25) is 0 Å². The molecule has 1 aliphatic rings. The average molecular weight is 466 g/mol. The molecule has 6 heteroatoms. The van der Waals surface area contributed by atoms with Gasteiger partial charge >= 0.3 is 0 Å². The number of halogens is 1. The van der Waals surface area contributed by atoms with Crippen LogP contribution >= 0.6 is 11.6 Å². The smallest absolute Gasteiger partial charge is 0.175 e. The van der Waals surface area contributed by atoms with E-state index in [-0.39, 0.29) is 10.7 Å². The number of aromatic nitrogens is 1. The number of nitrogens with zero attached hydrogens (tertiary/aromatic N) is 1. The van der Waals surface area contributed by atoms with Crippen molar-refractivity contribution in [3.8, 4) is 0 Å². The Morgan fingerprint density at radius 1 is 1.29 bits per heavy atom. The van der Waals surface area contributed by atoms with Crippen LogP contribution in [0.1, 0.15) is 75.5 Å². The van der Waals surface area contributed by atoms with E-state index in [0.717, 1.165) is 30.3 Å². The minimum absolute atomic E-state index is 0.0984. The van der Waals surface area contributed by atoms with Gasteiger partial charge in [0, 0.05) is 35.3 Å². The first-order chi connectivity index (χ1) is 14.6. The molecule has 0 N–H and O–H groups in total. The Balaban J connectivity index is 0.000000720. The molecule has 3 rings (SSSR count). The topological polar surface area (TPSA) is 56.1 Å². The molecule has 1 aromatic heterocycles. The first-order valence-electron chi connectivity index (χ1n) is 10.7. The van der Waals surface area contributed by atoms with E-state index >= 15 is 0 Å². The Hall–Kier alpha value is -1.85. The third-order valence-electron chi connectivity index (χ3n) is 5.39. The SMILES string of the molecule is C/C=C(\C)Cn1c2c(c3cc(S(C)(=O)=O)cc(C(C)=O)c31)CC[C@@H]2C.C=CCCl.CC. The summed E-state index contributed by atoms with van der Waals surface area (Å²) in [5, 5.41) is 0.927. The molecule has 0 aliphatic heterocycles. The number of alkyl halides is 1. The van der Waals surface area contributed by atoms with Crippen LogP contribution in [-0.2, 0) is 22.8 Å². The minimum Gasteiger partial charge on any atom is -0.339 e. The molecule has 2 aromatic rings. The van der Waals surface area contributed by atoms with E-state index in [1.807, 2.05) is 20.8 Å². The lowest BCUT2D eigenvalue weighted by Crippen LogP contribution is -2.09. The first-order valence-corrected chi connectivity index (χ1v) is 13.2. The van der Waals surface area contributed by atoms with E-state index < -0.39 is 9.84 Å².